The summed E-state index contributed by atoms with van der Waals surface area (Å²) >= 11 is 6.13. The average Bonchev–Trinajstić information content (AvgIpc) is 2.84. The van der Waals surface area contributed by atoms with Gasteiger partial charge in [-0.15, -0.1) is 0 Å². The van der Waals surface area contributed by atoms with E-state index in [9.17, 15) is 24.2 Å². The number of benzene rings is 3. The van der Waals surface area contributed by atoms with Crippen LogP contribution in [0, 0.1) is 5.82 Å². The molecular weight excluding hydrogens is 485 g/mol. The number of hydrogen-bond donors (Lipinski definition) is 5. The average molecular weight is 514 g/mol. The van der Waals surface area contributed by atoms with E-state index in [0.717, 1.165) is 29.7 Å². The summed E-state index contributed by atoms with van der Waals surface area (Å²) in [4.78, 5) is 24.7. The van der Waals surface area contributed by atoms with Crippen LogP contribution in [0.4, 0.5) is 20.6 Å². The second-order valence-electron chi connectivity index (χ2n) is 8.22. The Morgan fingerprint density at radius 3 is 2.19 bits per heavy atom. The van der Waals surface area contributed by atoms with Crippen molar-refractivity contribution in [2.45, 2.75) is 45.4 Å². The number of nitrogens with one attached hydrogen (secondary N) is 3. The molecule has 2 atom stereocenters. The number of aryl methyl sites for hydroxylation is 2. The molecular formula is C27H29ClFN3O4. The summed E-state index contributed by atoms with van der Waals surface area (Å²) in [6, 6.07) is 14.3. The van der Waals surface area contributed by atoms with Crippen molar-refractivity contribution < 1.29 is 24.2 Å². The zero-order valence-electron chi connectivity index (χ0n) is 20.0. The third-order valence-electron chi connectivity index (χ3n) is 5.83. The number of para-hydroxylation sites is 1. The van der Waals surface area contributed by atoms with Gasteiger partial charge in [-0.2, -0.15) is 0 Å². The lowest BCUT2D eigenvalue weighted by molar-refractivity contribution is -0.140. The second-order valence-corrected chi connectivity index (χ2v) is 8.66. The van der Waals surface area contributed by atoms with Gasteiger partial charge in [0.05, 0.1) is 5.69 Å². The van der Waals surface area contributed by atoms with Crippen molar-refractivity contribution in [2.24, 2.45) is 0 Å². The second kappa shape index (κ2) is 12.5. The summed E-state index contributed by atoms with van der Waals surface area (Å²) < 4.78 is 14.1. The highest BCUT2D eigenvalue weighted by Crippen LogP contribution is 2.28. The van der Waals surface area contributed by atoms with Gasteiger partial charge in [0.25, 0.3) is 0 Å². The largest absolute Gasteiger partial charge is 0.480 e. The Labute approximate surface area is 214 Å². The number of halogens is 2. The van der Waals surface area contributed by atoms with Crippen LogP contribution in [0.3, 0.4) is 0 Å². The molecule has 190 valence electrons. The SMILES string of the molecule is CCc1cccc(CC)c1NC(=O)Nc1cc(Cl)ccc1C(O)N[C@H](Cc1ccccc1F)C(=O)O. The molecule has 7 nitrogen and oxygen atoms in total. The van der Waals surface area contributed by atoms with Gasteiger partial charge in [0, 0.05) is 22.7 Å². The van der Waals surface area contributed by atoms with Crippen LogP contribution in [0.1, 0.15) is 42.3 Å². The standard InChI is InChI=1S/C27H29ClFN3O4/c1-3-16-9-7-10-17(4-2)24(16)32-27(36)31-22-15-19(28)12-13-20(22)25(33)30-23(26(34)35)14-18-8-5-6-11-21(18)29/h5-13,15,23,25,30,33H,3-4,14H2,1-2H3,(H,34,35)(H2,31,32,36)/t23-,25?/m1/s1. The predicted molar refractivity (Wildman–Crippen MR) is 139 cm³/mol. The lowest BCUT2D eigenvalue weighted by atomic mass is 10.0. The van der Waals surface area contributed by atoms with E-state index in [-0.39, 0.29) is 23.2 Å². The fourth-order valence-electron chi connectivity index (χ4n) is 3.93. The molecule has 0 saturated heterocycles. The first-order chi connectivity index (χ1) is 17.2. The minimum Gasteiger partial charge on any atom is -0.480 e. The molecule has 0 aliphatic heterocycles. The van der Waals surface area contributed by atoms with Crippen LogP contribution in [0.2, 0.25) is 5.02 Å². The number of carboxylic acids is 1. The fourth-order valence-corrected chi connectivity index (χ4v) is 4.10. The highest BCUT2D eigenvalue weighted by molar-refractivity contribution is 6.31. The van der Waals surface area contributed by atoms with Crippen molar-refractivity contribution in [1.29, 1.82) is 0 Å². The van der Waals surface area contributed by atoms with Crippen molar-refractivity contribution in [3.63, 3.8) is 0 Å². The molecule has 0 saturated carbocycles. The topological polar surface area (TPSA) is 111 Å². The molecule has 2 amide bonds. The molecule has 1 unspecified atom stereocenters. The molecule has 3 aromatic rings. The maximum atomic E-state index is 14.1. The van der Waals surface area contributed by atoms with Crippen LogP contribution in [-0.4, -0.2) is 28.3 Å². The van der Waals surface area contributed by atoms with Crippen molar-refractivity contribution in [3.8, 4) is 0 Å². The van der Waals surface area contributed by atoms with E-state index in [1.54, 1.807) is 6.07 Å². The molecule has 0 fully saturated rings. The van der Waals surface area contributed by atoms with Crippen molar-refractivity contribution in [3.05, 3.63) is 93.8 Å². The molecule has 0 bridgehead atoms. The Morgan fingerprint density at radius 2 is 1.58 bits per heavy atom. The number of anilines is 2. The van der Waals surface area contributed by atoms with Crippen LogP contribution in [0.15, 0.2) is 60.7 Å². The van der Waals surface area contributed by atoms with Gasteiger partial charge in [0.2, 0.25) is 0 Å². The number of urea groups is 1. The summed E-state index contributed by atoms with van der Waals surface area (Å²) in [5.41, 5.74) is 3.28. The van der Waals surface area contributed by atoms with E-state index in [4.69, 9.17) is 11.6 Å². The molecule has 0 aromatic heterocycles. The Kier molecular flexibility index (Phi) is 9.41. The van der Waals surface area contributed by atoms with Crippen LogP contribution in [0.25, 0.3) is 0 Å². The van der Waals surface area contributed by atoms with Crippen LogP contribution < -0.4 is 16.0 Å². The molecule has 0 aliphatic carbocycles. The molecule has 0 aliphatic rings. The molecule has 0 heterocycles. The van der Waals surface area contributed by atoms with Crippen molar-refractivity contribution >= 4 is 35.0 Å². The smallest absolute Gasteiger partial charge is 0.323 e. The lowest BCUT2D eigenvalue weighted by Gasteiger charge is -2.22. The van der Waals surface area contributed by atoms with Gasteiger partial charge < -0.3 is 20.8 Å². The van der Waals surface area contributed by atoms with E-state index in [1.807, 2.05) is 32.0 Å². The summed E-state index contributed by atoms with van der Waals surface area (Å²) in [5, 5.41) is 29.0. The summed E-state index contributed by atoms with van der Waals surface area (Å²) in [6.07, 6.45) is -0.219. The van der Waals surface area contributed by atoms with E-state index in [1.165, 1.54) is 36.4 Å². The predicted octanol–water partition coefficient (Wildman–Crippen LogP) is 5.52. The van der Waals surface area contributed by atoms with Crippen LogP contribution >= 0.6 is 11.6 Å². The fraction of sp³-hybridized carbons (Fsp3) is 0.259. The van der Waals surface area contributed by atoms with Crippen LogP contribution in [-0.2, 0) is 24.1 Å². The highest BCUT2D eigenvalue weighted by Gasteiger charge is 2.25. The zero-order valence-corrected chi connectivity index (χ0v) is 20.8. The number of aliphatic carboxylic acids is 1. The van der Waals surface area contributed by atoms with Crippen LogP contribution in [0.5, 0.6) is 0 Å². The molecule has 0 spiro atoms. The van der Waals surface area contributed by atoms with Gasteiger partial charge in [-0.25, -0.2) is 9.18 Å². The molecule has 5 N–H and O–H groups in total. The third-order valence-corrected chi connectivity index (χ3v) is 6.07. The first-order valence-electron chi connectivity index (χ1n) is 11.6. The first kappa shape index (κ1) is 27.1. The van der Waals surface area contributed by atoms with Crippen molar-refractivity contribution in [2.75, 3.05) is 10.6 Å². The summed E-state index contributed by atoms with van der Waals surface area (Å²) in [5.74, 6) is -1.80. The van der Waals surface area contributed by atoms with Crippen molar-refractivity contribution in [1.82, 2.24) is 5.32 Å². The maximum Gasteiger partial charge on any atom is 0.323 e. The number of rotatable bonds is 10. The number of aliphatic hydroxyl groups excluding tert-OH is 1. The summed E-state index contributed by atoms with van der Waals surface area (Å²) in [6.45, 7) is 3.99. The zero-order chi connectivity index (χ0) is 26.2. The maximum absolute atomic E-state index is 14.1. The minimum atomic E-state index is -1.49. The minimum absolute atomic E-state index is 0.191. The lowest BCUT2D eigenvalue weighted by Crippen LogP contribution is -2.41. The monoisotopic (exact) mass is 513 g/mol. The van der Waals surface area contributed by atoms with E-state index < -0.39 is 30.1 Å². The summed E-state index contributed by atoms with van der Waals surface area (Å²) in [7, 11) is 0. The molecule has 0 radical (unpaired) electrons. The number of hydrogen-bond acceptors (Lipinski definition) is 4. The number of carboxylic acid groups (broad SMARTS) is 1. The number of aliphatic hydroxyl groups is 1. The van der Waals surface area contributed by atoms with Gasteiger partial charge in [-0.1, -0.05) is 67.9 Å². The van der Waals surface area contributed by atoms with E-state index in [0.29, 0.717) is 5.02 Å². The van der Waals surface area contributed by atoms with E-state index in [2.05, 4.69) is 16.0 Å². The number of carbonyl (C=O) groups is 2. The first-order valence-corrected chi connectivity index (χ1v) is 12.0. The Morgan fingerprint density at radius 1 is 0.944 bits per heavy atom. The molecule has 3 rings (SSSR count). The molecule has 36 heavy (non-hydrogen) atoms. The Bertz CT molecular complexity index is 1220. The van der Waals surface area contributed by atoms with Gasteiger partial charge in [0.15, 0.2) is 0 Å². The Balaban J connectivity index is 1.81. The van der Waals surface area contributed by atoms with Gasteiger partial charge >= 0.3 is 12.0 Å². The number of amides is 2. The van der Waals surface area contributed by atoms with Gasteiger partial charge in [0.1, 0.15) is 18.1 Å². The number of carbonyl (C=O) groups excluding carboxylic acids is 1. The van der Waals surface area contributed by atoms with E-state index >= 15 is 0 Å². The molecule has 3 aromatic carbocycles. The quantitative estimate of drug-likeness (QED) is 0.229. The molecule has 9 heteroatoms. The third kappa shape index (κ3) is 6.81. The highest BCUT2D eigenvalue weighted by atomic mass is 35.5. The van der Waals surface area contributed by atoms with Gasteiger partial charge in [-0.3, -0.25) is 10.1 Å². The van der Waals surface area contributed by atoms with Gasteiger partial charge in [-0.05, 0) is 47.7 Å². The normalized spacial score (nSPS) is 12.6. The Hall–Kier alpha value is -3.46.